The van der Waals surface area contributed by atoms with Crippen LogP contribution >= 0.6 is 11.8 Å². The topological polar surface area (TPSA) is 54.4 Å². The van der Waals surface area contributed by atoms with E-state index in [2.05, 4.69) is 21.6 Å². The van der Waals surface area contributed by atoms with Crippen molar-refractivity contribution in [2.45, 2.75) is 31.8 Å². The summed E-state index contributed by atoms with van der Waals surface area (Å²) in [5.74, 6) is -0.336. The number of rotatable bonds is 5. The van der Waals surface area contributed by atoms with Crippen molar-refractivity contribution in [2.24, 2.45) is 5.10 Å². The van der Waals surface area contributed by atoms with Gasteiger partial charge in [-0.25, -0.2) is 5.43 Å². The third-order valence-corrected chi connectivity index (χ3v) is 5.41. The van der Waals surface area contributed by atoms with Gasteiger partial charge in [0.2, 0.25) is 5.91 Å². The lowest BCUT2D eigenvalue weighted by Crippen LogP contribution is -2.20. The number of pyridine rings is 1. The summed E-state index contributed by atoms with van der Waals surface area (Å²) in [5.41, 5.74) is 5.28. The summed E-state index contributed by atoms with van der Waals surface area (Å²) in [5, 5.41) is 4.66. The Labute approximate surface area is 176 Å². The molecule has 1 amide bonds. The lowest BCUT2D eigenvalue weighted by atomic mass is 10.1. The number of carbonyl (C=O) groups is 1. The highest BCUT2D eigenvalue weighted by Gasteiger charge is 2.32. The van der Waals surface area contributed by atoms with Crippen LogP contribution in [0.3, 0.4) is 0 Å². The van der Waals surface area contributed by atoms with Crippen LogP contribution in [0.1, 0.15) is 27.9 Å². The Morgan fingerprint density at radius 1 is 1.17 bits per heavy atom. The fourth-order valence-corrected chi connectivity index (χ4v) is 4.02. The number of nitrogens with one attached hydrogen (secondary N) is 1. The summed E-state index contributed by atoms with van der Waals surface area (Å²) < 4.78 is 39.0. The molecular weight excluding hydrogens is 411 g/mol. The van der Waals surface area contributed by atoms with Crippen LogP contribution in [-0.2, 0) is 11.0 Å². The zero-order valence-corrected chi connectivity index (χ0v) is 17.5. The number of halogens is 3. The molecule has 0 saturated carbocycles. The standard InChI is InChI=1S/C22H20F3N3OS/c1-13-8-14(2)21-17(9-13)19(10-15(3)27-21)30-12-20(29)28-26-11-16-6-4-5-7-18(16)22(23,24)25/h4-11H,12H2,1-3H3,(H,28,29)/b26-11+. The maximum Gasteiger partial charge on any atom is 0.417 e. The number of thioether (sulfide) groups is 1. The van der Waals surface area contributed by atoms with Crippen molar-refractivity contribution in [3.63, 3.8) is 0 Å². The minimum absolute atomic E-state index is 0.0732. The second kappa shape index (κ2) is 8.87. The van der Waals surface area contributed by atoms with E-state index in [0.29, 0.717) is 0 Å². The predicted octanol–water partition coefficient (Wildman–Crippen LogP) is 5.42. The smallest absolute Gasteiger partial charge is 0.272 e. The predicted molar refractivity (Wildman–Crippen MR) is 114 cm³/mol. The normalized spacial score (nSPS) is 11.9. The molecule has 4 nitrogen and oxygen atoms in total. The van der Waals surface area contributed by atoms with Crippen LogP contribution in [0.15, 0.2) is 52.5 Å². The van der Waals surface area contributed by atoms with E-state index in [4.69, 9.17) is 0 Å². The van der Waals surface area contributed by atoms with Crippen molar-refractivity contribution in [3.05, 3.63) is 70.4 Å². The third-order valence-electron chi connectivity index (χ3n) is 4.36. The molecule has 3 rings (SSSR count). The molecule has 8 heteroatoms. The molecule has 0 unspecified atom stereocenters. The second-order valence-electron chi connectivity index (χ2n) is 6.91. The van der Waals surface area contributed by atoms with Crippen LogP contribution in [0, 0.1) is 20.8 Å². The van der Waals surface area contributed by atoms with Gasteiger partial charge in [-0.15, -0.1) is 11.8 Å². The Morgan fingerprint density at radius 2 is 1.90 bits per heavy atom. The molecule has 0 radical (unpaired) electrons. The molecule has 1 heterocycles. The number of hydrogen-bond acceptors (Lipinski definition) is 4. The van der Waals surface area contributed by atoms with E-state index in [1.807, 2.05) is 32.9 Å². The van der Waals surface area contributed by atoms with E-state index in [1.165, 1.54) is 30.0 Å². The van der Waals surface area contributed by atoms with Crippen molar-refractivity contribution >= 4 is 34.8 Å². The molecule has 1 N–H and O–H groups in total. The molecule has 3 aromatic rings. The molecule has 0 bridgehead atoms. The fraction of sp³-hybridized carbons (Fsp3) is 0.227. The summed E-state index contributed by atoms with van der Waals surface area (Å²) in [6.07, 6.45) is -3.48. The summed E-state index contributed by atoms with van der Waals surface area (Å²) in [6.45, 7) is 5.89. The highest BCUT2D eigenvalue weighted by atomic mass is 32.2. The number of hydrogen-bond donors (Lipinski definition) is 1. The van der Waals surface area contributed by atoms with E-state index < -0.39 is 17.6 Å². The number of nitrogens with zero attached hydrogens (tertiary/aromatic N) is 2. The average Bonchev–Trinajstić information content (AvgIpc) is 2.66. The van der Waals surface area contributed by atoms with Gasteiger partial charge >= 0.3 is 6.18 Å². The van der Waals surface area contributed by atoms with Crippen molar-refractivity contribution in [1.82, 2.24) is 10.4 Å². The van der Waals surface area contributed by atoms with Crippen LogP contribution in [0.5, 0.6) is 0 Å². The van der Waals surface area contributed by atoms with Gasteiger partial charge in [0.05, 0.1) is 23.0 Å². The molecule has 0 saturated heterocycles. The van der Waals surface area contributed by atoms with Crippen molar-refractivity contribution in [2.75, 3.05) is 5.75 Å². The molecule has 0 aliphatic rings. The Balaban J connectivity index is 1.70. The zero-order valence-electron chi connectivity index (χ0n) is 16.7. The van der Waals surface area contributed by atoms with Crippen LogP contribution in [0.2, 0.25) is 0 Å². The maximum absolute atomic E-state index is 13.0. The van der Waals surface area contributed by atoms with Gasteiger partial charge in [0.15, 0.2) is 0 Å². The van der Waals surface area contributed by atoms with Crippen molar-refractivity contribution < 1.29 is 18.0 Å². The highest BCUT2D eigenvalue weighted by molar-refractivity contribution is 8.00. The number of alkyl halides is 3. The number of benzene rings is 2. The van der Waals surface area contributed by atoms with Gasteiger partial charge in [-0.05, 0) is 44.5 Å². The molecule has 1 aromatic heterocycles. The number of amides is 1. The van der Waals surface area contributed by atoms with E-state index in [1.54, 1.807) is 0 Å². The minimum atomic E-state index is -4.49. The first-order chi connectivity index (χ1) is 14.1. The quantitative estimate of drug-likeness (QED) is 0.333. The first kappa shape index (κ1) is 21.8. The lowest BCUT2D eigenvalue weighted by Gasteiger charge is -2.10. The molecule has 156 valence electrons. The first-order valence-electron chi connectivity index (χ1n) is 9.14. The van der Waals surface area contributed by atoms with Gasteiger partial charge in [-0.1, -0.05) is 29.8 Å². The van der Waals surface area contributed by atoms with E-state index in [9.17, 15) is 18.0 Å². The summed E-state index contributed by atoms with van der Waals surface area (Å²) in [7, 11) is 0. The lowest BCUT2D eigenvalue weighted by molar-refractivity contribution is -0.137. The molecular formula is C22H20F3N3OS. The highest BCUT2D eigenvalue weighted by Crippen LogP contribution is 2.31. The van der Waals surface area contributed by atoms with E-state index in [0.717, 1.165) is 44.9 Å². The van der Waals surface area contributed by atoms with Gasteiger partial charge < -0.3 is 0 Å². The van der Waals surface area contributed by atoms with Gasteiger partial charge in [0.1, 0.15) is 0 Å². The molecule has 0 fully saturated rings. The van der Waals surface area contributed by atoms with Gasteiger partial charge in [-0.3, -0.25) is 9.78 Å². The molecule has 0 aliphatic heterocycles. The van der Waals surface area contributed by atoms with Crippen LogP contribution < -0.4 is 5.43 Å². The molecule has 0 spiro atoms. The van der Waals surface area contributed by atoms with E-state index >= 15 is 0 Å². The summed E-state index contributed by atoms with van der Waals surface area (Å²) in [4.78, 5) is 17.7. The summed E-state index contributed by atoms with van der Waals surface area (Å²) >= 11 is 1.34. The SMILES string of the molecule is Cc1cc(C)c2nc(C)cc(SCC(=O)N/N=C/c3ccccc3C(F)(F)F)c2c1. The fourth-order valence-electron chi connectivity index (χ4n) is 3.11. The maximum atomic E-state index is 13.0. The second-order valence-corrected chi connectivity index (χ2v) is 7.92. The van der Waals surface area contributed by atoms with Gasteiger partial charge in [0, 0.05) is 21.5 Å². The Kier molecular flexibility index (Phi) is 6.45. The van der Waals surface area contributed by atoms with Crippen LogP contribution in [0.4, 0.5) is 13.2 Å². The molecule has 30 heavy (non-hydrogen) atoms. The third kappa shape index (κ3) is 5.18. The van der Waals surface area contributed by atoms with Gasteiger partial charge in [0.25, 0.3) is 0 Å². The number of fused-ring (bicyclic) bond motifs is 1. The number of aromatic nitrogens is 1. The van der Waals surface area contributed by atoms with E-state index in [-0.39, 0.29) is 11.3 Å². The largest absolute Gasteiger partial charge is 0.417 e. The summed E-state index contributed by atoms with van der Waals surface area (Å²) in [6, 6.07) is 11.1. The number of aryl methyl sites for hydroxylation is 3. The Bertz CT molecular complexity index is 1130. The van der Waals surface area contributed by atoms with Crippen molar-refractivity contribution in [1.29, 1.82) is 0 Å². The van der Waals surface area contributed by atoms with Gasteiger partial charge in [-0.2, -0.15) is 18.3 Å². The van der Waals surface area contributed by atoms with Crippen LogP contribution in [-0.4, -0.2) is 22.9 Å². The molecule has 2 aromatic carbocycles. The average molecular weight is 431 g/mol. The first-order valence-corrected chi connectivity index (χ1v) is 10.1. The van der Waals surface area contributed by atoms with Crippen LogP contribution in [0.25, 0.3) is 10.9 Å². The number of carbonyl (C=O) groups excluding carboxylic acids is 1. The monoisotopic (exact) mass is 431 g/mol. The molecule has 0 aliphatic carbocycles. The van der Waals surface area contributed by atoms with Crippen molar-refractivity contribution in [3.8, 4) is 0 Å². The Hall–Kier alpha value is -2.87. The number of hydrazone groups is 1. The zero-order chi connectivity index (χ0) is 21.9. The Morgan fingerprint density at radius 3 is 2.63 bits per heavy atom. The molecule has 0 atom stereocenters. The minimum Gasteiger partial charge on any atom is -0.272 e.